The van der Waals surface area contributed by atoms with Crippen LogP contribution in [0, 0.1) is 6.92 Å². The van der Waals surface area contributed by atoms with Gasteiger partial charge in [-0.05, 0) is 5.56 Å². The van der Waals surface area contributed by atoms with Crippen LogP contribution < -0.4 is 29.6 Å². The van der Waals surface area contributed by atoms with E-state index in [2.05, 4.69) is 18.6 Å². The summed E-state index contributed by atoms with van der Waals surface area (Å²) < 4.78 is 4.50. The predicted molar refractivity (Wildman–Crippen MR) is 67.3 cm³/mol. The summed E-state index contributed by atoms with van der Waals surface area (Å²) in [6.45, 7) is 5.72. The first-order valence-electron chi connectivity index (χ1n) is 5.23. The molecule has 0 aliphatic heterocycles. The number of ether oxygens (including phenoxy) is 1. The Hall–Kier alpha value is -0.0200. The van der Waals surface area contributed by atoms with Crippen LogP contribution in [0.4, 0.5) is 0 Å². The molecule has 0 amide bonds. The summed E-state index contributed by atoms with van der Waals surface area (Å²) in [7, 11) is 1.32. The van der Waals surface area contributed by atoms with Crippen LogP contribution in [0.15, 0.2) is 30.3 Å². The van der Waals surface area contributed by atoms with E-state index >= 15 is 0 Å². The van der Waals surface area contributed by atoms with Gasteiger partial charge in [-0.25, -0.2) is 0 Å². The molecule has 1 aromatic carbocycles. The molecule has 2 nitrogen and oxygen atoms in total. The van der Waals surface area contributed by atoms with Gasteiger partial charge in [-0.3, -0.25) is 4.79 Å². The molecular formula is C13H18ClNaO2. The zero-order valence-corrected chi connectivity index (χ0v) is 13.5. The van der Waals surface area contributed by atoms with E-state index in [0.29, 0.717) is 0 Å². The molecule has 0 aliphatic carbocycles. The zero-order valence-electron chi connectivity index (χ0n) is 10.8. The average molecular weight is 265 g/mol. The van der Waals surface area contributed by atoms with Crippen molar-refractivity contribution < 1.29 is 39.1 Å². The maximum atomic E-state index is 11.0. The Labute approximate surface area is 131 Å². The van der Waals surface area contributed by atoms with E-state index in [1.54, 1.807) is 12.1 Å². The van der Waals surface area contributed by atoms with Crippen molar-refractivity contribution in [3.63, 3.8) is 0 Å². The minimum absolute atomic E-state index is 0. The van der Waals surface area contributed by atoms with E-state index in [-0.39, 0.29) is 29.6 Å². The third kappa shape index (κ3) is 8.67. The molecule has 0 saturated carbocycles. The molecule has 0 aliphatic rings. The largest absolute Gasteiger partial charge is 1.00 e. The maximum Gasteiger partial charge on any atom is 1.00 e. The van der Waals surface area contributed by atoms with E-state index < -0.39 is 11.3 Å². The van der Waals surface area contributed by atoms with Crippen LogP contribution in [0.25, 0.3) is 0 Å². The van der Waals surface area contributed by atoms with Gasteiger partial charge in [0.15, 0.2) is 5.38 Å². The number of alkyl halides is 1. The standard InChI is InChI=1S/C9H9ClO2.C4H9.Na/c1-12-9(11)8(10)7-5-3-2-4-6-7;1-3-4-2;/h2-6,8H,1H3;1,3-4H2,2H3;/q;-1;+1. The summed E-state index contributed by atoms with van der Waals surface area (Å²) in [6.07, 6.45) is 2.28. The Balaban J connectivity index is 0. The Bertz CT molecular complexity index is 289. The van der Waals surface area contributed by atoms with Crippen LogP contribution in [0.1, 0.15) is 30.7 Å². The molecule has 0 saturated heterocycles. The Kier molecular flexibility index (Phi) is 14.1. The number of rotatable bonds is 3. The fourth-order valence-corrected chi connectivity index (χ4v) is 1.10. The van der Waals surface area contributed by atoms with Gasteiger partial charge in [0.25, 0.3) is 0 Å². The number of carbonyl (C=O) groups is 1. The van der Waals surface area contributed by atoms with E-state index in [1.807, 2.05) is 18.2 Å². The molecule has 0 spiro atoms. The van der Waals surface area contributed by atoms with Gasteiger partial charge in [-0.1, -0.05) is 43.7 Å². The van der Waals surface area contributed by atoms with Gasteiger partial charge < -0.3 is 11.7 Å². The Morgan fingerprint density at radius 3 is 2.24 bits per heavy atom. The number of benzene rings is 1. The van der Waals surface area contributed by atoms with Crippen molar-refractivity contribution in [3.05, 3.63) is 42.8 Å². The molecule has 0 N–H and O–H groups in total. The van der Waals surface area contributed by atoms with Crippen molar-refractivity contribution in [1.82, 2.24) is 0 Å². The molecule has 0 bridgehead atoms. The summed E-state index contributed by atoms with van der Waals surface area (Å²) in [4.78, 5) is 11.0. The van der Waals surface area contributed by atoms with E-state index in [4.69, 9.17) is 11.6 Å². The molecule has 1 rings (SSSR count). The number of hydrogen-bond donors (Lipinski definition) is 0. The topological polar surface area (TPSA) is 26.3 Å². The molecule has 1 aromatic rings. The summed E-state index contributed by atoms with van der Waals surface area (Å²) in [5.41, 5.74) is 0.756. The molecule has 1 unspecified atom stereocenters. The number of carbonyl (C=O) groups excluding carboxylic acids is 1. The third-order valence-corrected chi connectivity index (χ3v) is 2.28. The monoisotopic (exact) mass is 264 g/mol. The van der Waals surface area contributed by atoms with Crippen molar-refractivity contribution in [2.45, 2.75) is 25.1 Å². The van der Waals surface area contributed by atoms with Crippen LogP contribution in [0.3, 0.4) is 0 Å². The van der Waals surface area contributed by atoms with Gasteiger partial charge in [0, 0.05) is 0 Å². The van der Waals surface area contributed by atoms with Crippen molar-refractivity contribution in [1.29, 1.82) is 0 Å². The predicted octanol–water partition coefficient (Wildman–Crippen LogP) is 0.764. The number of hydrogen-bond acceptors (Lipinski definition) is 2. The number of methoxy groups -OCH3 is 1. The van der Waals surface area contributed by atoms with Crippen molar-refractivity contribution in [3.8, 4) is 0 Å². The van der Waals surface area contributed by atoms with Crippen LogP contribution in [-0.2, 0) is 9.53 Å². The van der Waals surface area contributed by atoms with Gasteiger partial charge in [0.1, 0.15) is 0 Å². The molecule has 90 valence electrons. The third-order valence-electron chi connectivity index (χ3n) is 1.85. The van der Waals surface area contributed by atoms with Gasteiger partial charge >= 0.3 is 35.5 Å². The first kappa shape index (κ1) is 19.3. The SMILES string of the molecule is COC(=O)C(Cl)c1ccccc1.[CH2-]CCC.[Na+]. The zero-order chi connectivity index (χ0) is 12.4. The van der Waals surface area contributed by atoms with E-state index in [0.717, 1.165) is 12.0 Å². The van der Waals surface area contributed by atoms with Gasteiger partial charge in [-0.2, -0.15) is 6.42 Å². The Morgan fingerprint density at radius 2 is 1.88 bits per heavy atom. The summed E-state index contributed by atoms with van der Waals surface area (Å²) in [5.74, 6) is -0.428. The molecule has 0 fully saturated rings. The minimum Gasteiger partial charge on any atom is -0.468 e. The van der Waals surface area contributed by atoms with Crippen molar-refractivity contribution >= 4 is 17.6 Å². The van der Waals surface area contributed by atoms with E-state index in [1.165, 1.54) is 13.5 Å². The molecule has 1 atom stereocenters. The summed E-state index contributed by atoms with van der Waals surface area (Å²) in [5, 5.41) is -0.698. The van der Waals surface area contributed by atoms with Crippen LogP contribution in [-0.4, -0.2) is 13.1 Å². The maximum absolute atomic E-state index is 11.0. The Morgan fingerprint density at radius 1 is 1.41 bits per heavy atom. The van der Waals surface area contributed by atoms with Gasteiger partial charge in [-0.15, -0.1) is 11.6 Å². The minimum atomic E-state index is -0.698. The second kappa shape index (κ2) is 12.4. The van der Waals surface area contributed by atoms with Crippen LogP contribution >= 0.6 is 11.6 Å². The van der Waals surface area contributed by atoms with Crippen molar-refractivity contribution in [2.75, 3.05) is 7.11 Å². The normalized spacial score (nSPS) is 10.4. The molecule has 0 radical (unpaired) electrons. The fraction of sp³-hybridized carbons (Fsp3) is 0.385. The molecular weight excluding hydrogens is 247 g/mol. The summed E-state index contributed by atoms with van der Waals surface area (Å²) >= 11 is 5.78. The quantitative estimate of drug-likeness (QED) is 0.349. The molecule has 0 aromatic heterocycles. The first-order chi connectivity index (χ1) is 7.67. The molecule has 17 heavy (non-hydrogen) atoms. The molecule has 4 heteroatoms. The van der Waals surface area contributed by atoms with Crippen LogP contribution in [0.2, 0.25) is 0 Å². The van der Waals surface area contributed by atoms with Crippen LogP contribution in [0.5, 0.6) is 0 Å². The average Bonchev–Trinajstić information content (AvgIpc) is 2.38. The smallest absolute Gasteiger partial charge is 0.468 e. The first-order valence-corrected chi connectivity index (χ1v) is 5.67. The van der Waals surface area contributed by atoms with E-state index in [9.17, 15) is 4.79 Å². The van der Waals surface area contributed by atoms with Gasteiger partial charge in [0.2, 0.25) is 0 Å². The fourth-order valence-electron chi connectivity index (χ4n) is 0.862. The van der Waals surface area contributed by atoms with Gasteiger partial charge in [0.05, 0.1) is 7.11 Å². The van der Waals surface area contributed by atoms with Crippen molar-refractivity contribution in [2.24, 2.45) is 0 Å². The summed E-state index contributed by atoms with van der Waals surface area (Å²) in [6, 6.07) is 9.09. The number of unbranched alkanes of at least 4 members (excludes halogenated alkanes) is 1. The number of halogens is 1. The second-order valence-electron chi connectivity index (χ2n) is 3.15. The number of esters is 1. The molecule has 0 heterocycles. The second-order valence-corrected chi connectivity index (χ2v) is 3.59.